The standard InChI is InChI=1S/C21H14N2O/c24-14-17-13-22-20-11-18(15-7-3-1-4-8-15)19(12-21(20)23-17)16-9-5-2-6-10-16/h1-14H. The highest BCUT2D eigenvalue weighted by molar-refractivity contribution is 5.93. The van der Waals surface area contributed by atoms with Gasteiger partial charge in [0.2, 0.25) is 0 Å². The summed E-state index contributed by atoms with van der Waals surface area (Å²) in [5.41, 5.74) is 6.25. The molecular formula is C21H14N2O. The van der Waals surface area contributed by atoms with Gasteiger partial charge in [-0.05, 0) is 34.4 Å². The molecule has 0 aliphatic heterocycles. The molecule has 0 bridgehead atoms. The van der Waals surface area contributed by atoms with E-state index in [1.54, 1.807) is 0 Å². The van der Waals surface area contributed by atoms with Gasteiger partial charge >= 0.3 is 0 Å². The Kier molecular flexibility index (Phi) is 3.60. The summed E-state index contributed by atoms with van der Waals surface area (Å²) < 4.78 is 0. The number of aldehydes is 1. The minimum absolute atomic E-state index is 0.342. The third-order valence-corrected chi connectivity index (χ3v) is 3.99. The number of hydrogen-bond donors (Lipinski definition) is 0. The molecule has 0 atom stereocenters. The average molecular weight is 310 g/mol. The minimum atomic E-state index is 0.342. The first kappa shape index (κ1) is 14.3. The molecule has 24 heavy (non-hydrogen) atoms. The van der Waals surface area contributed by atoms with Gasteiger partial charge in [0, 0.05) is 0 Å². The van der Waals surface area contributed by atoms with Crippen molar-refractivity contribution < 1.29 is 4.79 Å². The fourth-order valence-electron chi connectivity index (χ4n) is 2.84. The second kappa shape index (κ2) is 6.05. The zero-order valence-corrected chi connectivity index (χ0v) is 12.9. The summed E-state index contributed by atoms with van der Waals surface area (Å²) in [6.07, 6.45) is 2.23. The van der Waals surface area contributed by atoms with E-state index in [4.69, 9.17) is 0 Å². The van der Waals surface area contributed by atoms with Crippen LogP contribution in [0, 0.1) is 0 Å². The van der Waals surface area contributed by atoms with Gasteiger partial charge in [0.25, 0.3) is 0 Å². The quantitative estimate of drug-likeness (QED) is 0.512. The monoisotopic (exact) mass is 310 g/mol. The third kappa shape index (κ3) is 2.57. The Morgan fingerprint density at radius 3 is 1.79 bits per heavy atom. The number of carbonyl (C=O) groups is 1. The van der Waals surface area contributed by atoms with Gasteiger partial charge in [-0.25, -0.2) is 4.98 Å². The van der Waals surface area contributed by atoms with Crippen LogP contribution in [0.3, 0.4) is 0 Å². The van der Waals surface area contributed by atoms with Crippen molar-refractivity contribution in [1.29, 1.82) is 0 Å². The number of benzene rings is 3. The molecule has 3 nitrogen and oxygen atoms in total. The largest absolute Gasteiger partial charge is 0.296 e. The molecule has 3 heteroatoms. The van der Waals surface area contributed by atoms with Crippen LogP contribution >= 0.6 is 0 Å². The van der Waals surface area contributed by atoms with Crippen LogP contribution in [0.15, 0.2) is 79.0 Å². The lowest BCUT2D eigenvalue weighted by Crippen LogP contribution is -1.93. The van der Waals surface area contributed by atoms with Crippen molar-refractivity contribution in [1.82, 2.24) is 9.97 Å². The number of hydrogen-bond acceptors (Lipinski definition) is 3. The van der Waals surface area contributed by atoms with Crippen molar-refractivity contribution >= 4 is 17.3 Å². The maximum Gasteiger partial charge on any atom is 0.170 e. The van der Waals surface area contributed by atoms with Crippen LogP contribution in [0.4, 0.5) is 0 Å². The first-order valence-corrected chi connectivity index (χ1v) is 7.72. The topological polar surface area (TPSA) is 42.9 Å². The Bertz CT molecular complexity index is 1010. The SMILES string of the molecule is O=Cc1cnc2cc(-c3ccccc3)c(-c3ccccc3)cc2n1. The third-order valence-electron chi connectivity index (χ3n) is 3.99. The van der Waals surface area contributed by atoms with Gasteiger partial charge in [-0.2, -0.15) is 0 Å². The smallest absolute Gasteiger partial charge is 0.170 e. The molecule has 1 heterocycles. The highest BCUT2D eigenvalue weighted by Gasteiger charge is 2.11. The van der Waals surface area contributed by atoms with Gasteiger partial charge in [-0.1, -0.05) is 60.7 Å². The molecule has 0 aliphatic rings. The van der Waals surface area contributed by atoms with Gasteiger partial charge in [0.15, 0.2) is 6.29 Å². The number of rotatable bonds is 3. The zero-order chi connectivity index (χ0) is 16.4. The molecule has 0 amide bonds. The first-order valence-electron chi connectivity index (χ1n) is 7.72. The van der Waals surface area contributed by atoms with E-state index in [2.05, 4.69) is 34.2 Å². The van der Waals surface area contributed by atoms with E-state index in [0.717, 1.165) is 39.6 Å². The molecule has 4 rings (SSSR count). The summed E-state index contributed by atoms with van der Waals surface area (Å²) in [6, 6.07) is 24.4. The van der Waals surface area contributed by atoms with E-state index in [1.807, 2.05) is 48.5 Å². The Balaban J connectivity index is 2.03. The molecule has 0 saturated carbocycles. The van der Waals surface area contributed by atoms with E-state index < -0.39 is 0 Å². The molecule has 1 aromatic heterocycles. The highest BCUT2D eigenvalue weighted by Crippen LogP contribution is 2.34. The Labute approximate surface area is 139 Å². The minimum Gasteiger partial charge on any atom is -0.296 e. The molecular weight excluding hydrogens is 296 g/mol. The molecule has 114 valence electrons. The summed E-state index contributed by atoms with van der Waals surface area (Å²) in [5.74, 6) is 0. The van der Waals surface area contributed by atoms with Crippen LogP contribution in [-0.2, 0) is 0 Å². The summed E-state index contributed by atoms with van der Waals surface area (Å²) >= 11 is 0. The second-order valence-electron chi connectivity index (χ2n) is 5.53. The predicted molar refractivity (Wildman–Crippen MR) is 95.8 cm³/mol. The maximum atomic E-state index is 11.0. The van der Waals surface area contributed by atoms with Crippen molar-refractivity contribution in [2.24, 2.45) is 0 Å². The molecule has 0 fully saturated rings. The summed E-state index contributed by atoms with van der Waals surface area (Å²) in [6.45, 7) is 0. The van der Waals surface area contributed by atoms with Gasteiger partial charge in [-0.3, -0.25) is 9.78 Å². The van der Waals surface area contributed by atoms with Crippen LogP contribution in [0.1, 0.15) is 10.5 Å². The summed E-state index contributed by atoms with van der Waals surface area (Å²) in [4.78, 5) is 19.8. The van der Waals surface area contributed by atoms with E-state index in [1.165, 1.54) is 6.20 Å². The van der Waals surface area contributed by atoms with Crippen LogP contribution in [0.2, 0.25) is 0 Å². The van der Waals surface area contributed by atoms with Crippen molar-refractivity contribution in [3.8, 4) is 22.3 Å². The van der Waals surface area contributed by atoms with Gasteiger partial charge in [0.05, 0.1) is 17.2 Å². The Morgan fingerprint density at radius 1 is 0.708 bits per heavy atom. The summed E-state index contributed by atoms with van der Waals surface area (Å²) in [7, 11) is 0. The first-order chi connectivity index (χ1) is 11.8. The van der Waals surface area contributed by atoms with Gasteiger partial charge < -0.3 is 0 Å². The van der Waals surface area contributed by atoms with Crippen molar-refractivity contribution in [2.75, 3.05) is 0 Å². The average Bonchev–Trinajstić information content (AvgIpc) is 2.68. The summed E-state index contributed by atoms with van der Waals surface area (Å²) in [5, 5.41) is 0. The molecule has 0 radical (unpaired) electrons. The lowest BCUT2D eigenvalue weighted by atomic mass is 9.94. The fourth-order valence-corrected chi connectivity index (χ4v) is 2.84. The van der Waals surface area contributed by atoms with E-state index >= 15 is 0 Å². The maximum absolute atomic E-state index is 11.0. The van der Waals surface area contributed by atoms with Gasteiger partial charge in [-0.15, -0.1) is 0 Å². The van der Waals surface area contributed by atoms with Crippen LogP contribution in [-0.4, -0.2) is 16.3 Å². The van der Waals surface area contributed by atoms with Crippen molar-refractivity contribution in [2.45, 2.75) is 0 Å². The predicted octanol–water partition coefficient (Wildman–Crippen LogP) is 4.78. The van der Waals surface area contributed by atoms with E-state index in [0.29, 0.717) is 5.69 Å². The fraction of sp³-hybridized carbons (Fsp3) is 0. The number of nitrogens with zero attached hydrogens (tertiary/aromatic N) is 2. The Hall–Kier alpha value is -3.33. The van der Waals surface area contributed by atoms with Crippen molar-refractivity contribution in [3.63, 3.8) is 0 Å². The van der Waals surface area contributed by atoms with Crippen LogP contribution in [0.5, 0.6) is 0 Å². The number of fused-ring (bicyclic) bond motifs is 1. The second-order valence-corrected chi connectivity index (χ2v) is 5.53. The zero-order valence-electron chi connectivity index (χ0n) is 12.9. The normalized spacial score (nSPS) is 10.7. The van der Waals surface area contributed by atoms with Crippen LogP contribution in [0.25, 0.3) is 33.3 Å². The molecule has 4 aromatic rings. The molecule has 0 aliphatic carbocycles. The molecule has 3 aromatic carbocycles. The lowest BCUT2D eigenvalue weighted by molar-refractivity contribution is 0.111. The molecule has 0 saturated heterocycles. The highest BCUT2D eigenvalue weighted by atomic mass is 16.1. The number of aromatic nitrogens is 2. The van der Waals surface area contributed by atoms with Crippen molar-refractivity contribution in [3.05, 3.63) is 84.7 Å². The lowest BCUT2D eigenvalue weighted by Gasteiger charge is -2.12. The van der Waals surface area contributed by atoms with E-state index in [-0.39, 0.29) is 0 Å². The molecule has 0 unspecified atom stereocenters. The molecule has 0 spiro atoms. The van der Waals surface area contributed by atoms with E-state index in [9.17, 15) is 4.79 Å². The molecule has 0 N–H and O–H groups in total. The number of carbonyl (C=O) groups excluding carboxylic acids is 1. The van der Waals surface area contributed by atoms with Crippen LogP contribution < -0.4 is 0 Å². The van der Waals surface area contributed by atoms with Gasteiger partial charge in [0.1, 0.15) is 5.69 Å². The Morgan fingerprint density at radius 2 is 1.25 bits per heavy atom.